The standard InChI is InChI=1S/C26H21NO5/c1-16-19(9-10-25(28)27-14-18-8-5-11-30-18)26(29)32-24-13-23-21(12-20(16)24)22(15-31-23)17-6-3-2-4-7-17/h2-8,11-13,15H,9-10,14H2,1H3,(H,27,28). The number of nitrogens with one attached hydrogen (secondary N) is 1. The van der Waals surface area contributed by atoms with Crippen LogP contribution in [-0.2, 0) is 17.8 Å². The second-order valence-corrected chi connectivity index (χ2v) is 7.71. The summed E-state index contributed by atoms with van der Waals surface area (Å²) in [5, 5.41) is 4.58. The first-order valence-electron chi connectivity index (χ1n) is 10.4. The number of aryl methyl sites for hydroxylation is 1. The summed E-state index contributed by atoms with van der Waals surface area (Å²) in [4.78, 5) is 24.9. The van der Waals surface area contributed by atoms with E-state index in [0.717, 1.165) is 27.5 Å². The van der Waals surface area contributed by atoms with Crippen LogP contribution < -0.4 is 10.9 Å². The van der Waals surface area contributed by atoms with Crippen LogP contribution in [0, 0.1) is 6.92 Å². The summed E-state index contributed by atoms with van der Waals surface area (Å²) in [5.74, 6) is 0.523. The monoisotopic (exact) mass is 427 g/mol. The van der Waals surface area contributed by atoms with Gasteiger partial charge in [-0.2, -0.15) is 0 Å². The number of rotatable bonds is 6. The number of benzene rings is 2. The van der Waals surface area contributed by atoms with Crippen molar-refractivity contribution in [3.8, 4) is 11.1 Å². The molecule has 0 bridgehead atoms. The zero-order valence-electron chi connectivity index (χ0n) is 17.5. The zero-order chi connectivity index (χ0) is 22.1. The summed E-state index contributed by atoms with van der Waals surface area (Å²) in [6.45, 7) is 2.21. The van der Waals surface area contributed by atoms with Crippen molar-refractivity contribution in [1.29, 1.82) is 0 Å². The van der Waals surface area contributed by atoms with Gasteiger partial charge in [-0.1, -0.05) is 30.3 Å². The lowest BCUT2D eigenvalue weighted by atomic mass is 9.99. The van der Waals surface area contributed by atoms with Gasteiger partial charge in [-0.15, -0.1) is 0 Å². The van der Waals surface area contributed by atoms with E-state index >= 15 is 0 Å². The maximum atomic E-state index is 12.6. The fourth-order valence-electron chi connectivity index (χ4n) is 3.97. The minimum Gasteiger partial charge on any atom is -0.467 e. The van der Waals surface area contributed by atoms with Gasteiger partial charge in [0.15, 0.2) is 0 Å². The maximum Gasteiger partial charge on any atom is 0.339 e. The predicted octanol–water partition coefficient (Wildman–Crippen LogP) is 5.36. The lowest BCUT2D eigenvalue weighted by Crippen LogP contribution is -2.24. The molecule has 2 aromatic carbocycles. The van der Waals surface area contributed by atoms with Crippen LogP contribution in [0.15, 0.2) is 85.2 Å². The number of hydrogen-bond donors (Lipinski definition) is 1. The van der Waals surface area contributed by atoms with Gasteiger partial charge < -0.3 is 18.6 Å². The third-order valence-corrected chi connectivity index (χ3v) is 5.71. The molecule has 6 heteroatoms. The number of fused-ring (bicyclic) bond motifs is 2. The Hall–Kier alpha value is -4.06. The van der Waals surface area contributed by atoms with Crippen LogP contribution in [0.5, 0.6) is 0 Å². The van der Waals surface area contributed by atoms with E-state index in [4.69, 9.17) is 13.3 Å². The minimum atomic E-state index is -0.428. The first-order chi connectivity index (χ1) is 15.6. The maximum absolute atomic E-state index is 12.6. The van der Waals surface area contributed by atoms with Crippen LogP contribution >= 0.6 is 0 Å². The SMILES string of the molecule is Cc1c(CCC(=O)NCc2ccco2)c(=O)oc2cc3occ(-c4ccccc4)c3cc12. The molecule has 0 saturated heterocycles. The molecule has 0 aliphatic carbocycles. The van der Waals surface area contributed by atoms with Crippen LogP contribution in [0.1, 0.15) is 23.3 Å². The van der Waals surface area contributed by atoms with Gasteiger partial charge in [-0.25, -0.2) is 4.79 Å². The second kappa shape index (κ2) is 8.23. The van der Waals surface area contributed by atoms with E-state index in [1.165, 1.54) is 0 Å². The highest BCUT2D eigenvalue weighted by molar-refractivity contribution is 6.02. The Balaban J connectivity index is 1.45. The summed E-state index contributed by atoms with van der Waals surface area (Å²) >= 11 is 0. The van der Waals surface area contributed by atoms with Gasteiger partial charge in [-0.3, -0.25) is 4.79 Å². The Bertz CT molecular complexity index is 1460. The third-order valence-electron chi connectivity index (χ3n) is 5.71. The molecule has 3 aromatic heterocycles. The molecule has 0 spiro atoms. The van der Waals surface area contributed by atoms with Crippen LogP contribution in [0.4, 0.5) is 0 Å². The molecule has 0 saturated carbocycles. The van der Waals surface area contributed by atoms with Crippen molar-refractivity contribution in [2.75, 3.05) is 0 Å². The first-order valence-corrected chi connectivity index (χ1v) is 10.4. The number of carbonyl (C=O) groups excluding carboxylic acids is 1. The van der Waals surface area contributed by atoms with Gasteiger partial charge in [0, 0.05) is 34.4 Å². The van der Waals surface area contributed by atoms with E-state index in [0.29, 0.717) is 35.5 Å². The molecular formula is C26H21NO5. The van der Waals surface area contributed by atoms with Crippen molar-refractivity contribution < 1.29 is 18.0 Å². The quantitative estimate of drug-likeness (QED) is 0.369. The van der Waals surface area contributed by atoms with Gasteiger partial charge in [0.2, 0.25) is 5.91 Å². The zero-order valence-corrected chi connectivity index (χ0v) is 17.5. The molecule has 0 radical (unpaired) electrons. The number of furan rings is 2. The molecule has 5 rings (SSSR count). The van der Waals surface area contributed by atoms with Gasteiger partial charge >= 0.3 is 5.63 Å². The lowest BCUT2D eigenvalue weighted by molar-refractivity contribution is -0.121. The molecule has 3 heterocycles. The van der Waals surface area contributed by atoms with E-state index in [2.05, 4.69) is 5.32 Å². The van der Waals surface area contributed by atoms with E-state index < -0.39 is 5.63 Å². The highest BCUT2D eigenvalue weighted by atomic mass is 16.4. The Labute approximate surface area is 183 Å². The summed E-state index contributed by atoms with van der Waals surface area (Å²) in [6.07, 6.45) is 3.76. The fraction of sp³-hybridized carbons (Fsp3) is 0.154. The molecular weight excluding hydrogens is 406 g/mol. The molecule has 0 atom stereocenters. The molecule has 0 unspecified atom stereocenters. The van der Waals surface area contributed by atoms with Crippen molar-refractivity contribution in [3.05, 3.63) is 94.4 Å². The van der Waals surface area contributed by atoms with Crippen LogP contribution in [0.2, 0.25) is 0 Å². The Morgan fingerprint density at radius 1 is 0.969 bits per heavy atom. The summed E-state index contributed by atoms with van der Waals surface area (Å²) < 4.78 is 16.5. The smallest absolute Gasteiger partial charge is 0.339 e. The predicted molar refractivity (Wildman–Crippen MR) is 121 cm³/mol. The average molecular weight is 427 g/mol. The van der Waals surface area contributed by atoms with Crippen molar-refractivity contribution in [1.82, 2.24) is 5.32 Å². The Morgan fingerprint density at radius 3 is 2.59 bits per heavy atom. The van der Waals surface area contributed by atoms with Gasteiger partial charge in [-0.05, 0) is 42.7 Å². The van der Waals surface area contributed by atoms with Crippen molar-refractivity contribution >= 4 is 27.8 Å². The number of carbonyl (C=O) groups is 1. The summed E-state index contributed by atoms with van der Waals surface area (Å²) in [6, 6.07) is 17.3. The van der Waals surface area contributed by atoms with E-state index in [-0.39, 0.29) is 12.3 Å². The molecule has 0 aliphatic heterocycles. The molecule has 160 valence electrons. The number of amides is 1. The number of hydrogen-bond acceptors (Lipinski definition) is 5. The molecule has 6 nitrogen and oxygen atoms in total. The lowest BCUT2D eigenvalue weighted by Gasteiger charge is -2.09. The second-order valence-electron chi connectivity index (χ2n) is 7.71. The van der Waals surface area contributed by atoms with Gasteiger partial charge in [0.1, 0.15) is 16.9 Å². The largest absolute Gasteiger partial charge is 0.467 e. The summed E-state index contributed by atoms with van der Waals surface area (Å²) in [5.41, 5.74) is 4.06. The summed E-state index contributed by atoms with van der Waals surface area (Å²) in [7, 11) is 0. The Morgan fingerprint density at radius 2 is 1.81 bits per heavy atom. The van der Waals surface area contributed by atoms with Gasteiger partial charge in [0.05, 0.1) is 19.1 Å². The van der Waals surface area contributed by atoms with Crippen LogP contribution in [-0.4, -0.2) is 5.91 Å². The molecule has 0 aliphatic rings. The first kappa shape index (κ1) is 19.9. The molecule has 1 N–H and O–H groups in total. The van der Waals surface area contributed by atoms with Crippen LogP contribution in [0.25, 0.3) is 33.1 Å². The minimum absolute atomic E-state index is 0.156. The van der Waals surface area contributed by atoms with E-state index in [1.807, 2.05) is 43.3 Å². The molecule has 1 amide bonds. The van der Waals surface area contributed by atoms with Crippen LogP contribution in [0.3, 0.4) is 0 Å². The fourth-order valence-corrected chi connectivity index (χ4v) is 3.97. The molecule has 32 heavy (non-hydrogen) atoms. The third kappa shape index (κ3) is 3.71. The van der Waals surface area contributed by atoms with Crippen molar-refractivity contribution in [2.45, 2.75) is 26.3 Å². The average Bonchev–Trinajstić information content (AvgIpc) is 3.47. The Kier molecular flexibility index (Phi) is 5.11. The normalized spacial score (nSPS) is 11.3. The highest BCUT2D eigenvalue weighted by Gasteiger charge is 2.16. The van der Waals surface area contributed by atoms with Crippen molar-refractivity contribution in [2.24, 2.45) is 0 Å². The van der Waals surface area contributed by atoms with Gasteiger partial charge in [0.25, 0.3) is 0 Å². The molecule has 5 aromatic rings. The van der Waals surface area contributed by atoms with Crippen molar-refractivity contribution in [3.63, 3.8) is 0 Å². The topological polar surface area (TPSA) is 85.6 Å². The molecule has 0 fully saturated rings. The highest BCUT2D eigenvalue weighted by Crippen LogP contribution is 2.34. The van der Waals surface area contributed by atoms with E-state index in [9.17, 15) is 9.59 Å². The van der Waals surface area contributed by atoms with E-state index in [1.54, 1.807) is 30.7 Å².